The lowest BCUT2D eigenvalue weighted by Crippen LogP contribution is -2.14. The first-order chi connectivity index (χ1) is 9.12. The van der Waals surface area contributed by atoms with Crippen molar-refractivity contribution in [2.75, 3.05) is 26.8 Å². The molecule has 0 bridgehead atoms. The summed E-state index contributed by atoms with van der Waals surface area (Å²) in [6.07, 6.45) is 2.15. The van der Waals surface area contributed by atoms with E-state index in [1.165, 1.54) is 5.57 Å². The SMILES string of the molecule is CCNCC(C)=Cc1cc(Br)c(OC)c(OCC)c1. The van der Waals surface area contributed by atoms with Gasteiger partial charge in [0.05, 0.1) is 18.2 Å². The molecule has 0 amide bonds. The van der Waals surface area contributed by atoms with Crippen molar-refractivity contribution < 1.29 is 9.47 Å². The Kier molecular flexibility index (Phi) is 6.95. The molecule has 1 aromatic carbocycles. The maximum absolute atomic E-state index is 5.61. The van der Waals surface area contributed by atoms with Crippen molar-refractivity contribution in [3.63, 3.8) is 0 Å². The van der Waals surface area contributed by atoms with Crippen LogP contribution in [0.3, 0.4) is 0 Å². The van der Waals surface area contributed by atoms with Crippen molar-refractivity contribution in [2.24, 2.45) is 0 Å². The van der Waals surface area contributed by atoms with Crippen molar-refractivity contribution in [1.82, 2.24) is 5.32 Å². The van der Waals surface area contributed by atoms with Crippen LogP contribution in [-0.2, 0) is 0 Å². The van der Waals surface area contributed by atoms with Crippen LogP contribution in [0.4, 0.5) is 0 Å². The van der Waals surface area contributed by atoms with Crippen LogP contribution in [0.25, 0.3) is 6.08 Å². The summed E-state index contributed by atoms with van der Waals surface area (Å²) in [7, 11) is 1.65. The summed E-state index contributed by atoms with van der Waals surface area (Å²) in [6, 6.07) is 4.04. The predicted molar refractivity (Wildman–Crippen MR) is 84.1 cm³/mol. The molecule has 0 aliphatic carbocycles. The Morgan fingerprint density at radius 3 is 2.68 bits per heavy atom. The van der Waals surface area contributed by atoms with E-state index in [9.17, 15) is 0 Å². The second-order valence-corrected chi connectivity index (χ2v) is 5.09. The van der Waals surface area contributed by atoms with Gasteiger partial charge in [-0.3, -0.25) is 0 Å². The molecule has 0 fully saturated rings. The Balaban J connectivity index is 3.02. The first kappa shape index (κ1) is 16.1. The van der Waals surface area contributed by atoms with Gasteiger partial charge in [0, 0.05) is 6.54 Å². The first-order valence-electron chi connectivity index (χ1n) is 6.50. The molecule has 0 aliphatic heterocycles. The molecule has 19 heavy (non-hydrogen) atoms. The van der Waals surface area contributed by atoms with Gasteiger partial charge in [-0.2, -0.15) is 0 Å². The van der Waals surface area contributed by atoms with Gasteiger partial charge in [0.15, 0.2) is 11.5 Å². The Hall–Kier alpha value is -1.00. The molecule has 0 radical (unpaired) electrons. The van der Waals surface area contributed by atoms with Crippen molar-refractivity contribution in [1.29, 1.82) is 0 Å². The maximum Gasteiger partial charge on any atom is 0.174 e. The third-order valence-electron chi connectivity index (χ3n) is 2.60. The first-order valence-corrected chi connectivity index (χ1v) is 7.29. The standard InChI is InChI=1S/C15H22BrNO2/c1-5-17-10-11(3)7-12-8-13(16)15(18-4)14(9-12)19-6-2/h7-9,17H,5-6,10H2,1-4H3. The fourth-order valence-electron chi connectivity index (χ4n) is 1.79. The highest BCUT2D eigenvalue weighted by molar-refractivity contribution is 9.10. The number of rotatable bonds is 7. The normalized spacial score (nSPS) is 11.5. The average Bonchev–Trinajstić information content (AvgIpc) is 2.36. The minimum absolute atomic E-state index is 0.617. The van der Waals surface area contributed by atoms with Gasteiger partial charge in [-0.05, 0) is 54.0 Å². The quantitative estimate of drug-likeness (QED) is 0.824. The molecule has 1 aromatic rings. The monoisotopic (exact) mass is 327 g/mol. The van der Waals surface area contributed by atoms with Crippen LogP contribution >= 0.6 is 15.9 Å². The molecular formula is C15H22BrNO2. The summed E-state index contributed by atoms with van der Waals surface area (Å²) in [5.41, 5.74) is 2.38. The zero-order valence-electron chi connectivity index (χ0n) is 12.0. The Morgan fingerprint density at radius 2 is 2.11 bits per heavy atom. The summed E-state index contributed by atoms with van der Waals surface area (Å²) in [5, 5.41) is 3.31. The van der Waals surface area contributed by atoms with E-state index in [0.29, 0.717) is 6.61 Å². The van der Waals surface area contributed by atoms with E-state index >= 15 is 0 Å². The van der Waals surface area contributed by atoms with Crippen LogP contribution in [0, 0.1) is 0 Å². The van der Waals surface area contributed by atoms with Gasteiger partial charge >= 0.3 is 0 Å². The highest BCUT2D eigenvalue weighted by atomic mass is 79.9. The number of ether oxygens (including phenoxy) is 2. The molecule has 3 nitrogen and oxygen atoms in total. The molecule has 0 atom stereocenters. The van der Waals surface area contributed by atoms with Crippen molar-refractivity contribution in [2.45, 2.75) is 20.8 Å². The topological polar surface area (TPSA) is 30.5 Å². The Bertz CT molecular complexity index is 444. The lowest BCUT2D eigenvalue weighted by atomic mass is 10.1. The van der Waals surface area contributed by atoms with Crippen LogP contribution in [-0.4, -0.2) is 26.8 Å². The lowest BCUT2D eigenvalue weighted by molar-refractivity contribution is 0.310. The number of benzene rings is 1. The summed E-state index contributed by atoms with van der Waals surface area (Å²) in [4.78, 5) is 0. The van der Waals surface area contributed by atoms with Gasteiger partial charge in [-0.15, -0.1) is 0 Å². The largest absolute Gasteiger partial charge is 0.492 e. The Labute approximate surface area is 124 Å². The molecule has 4 heteroatoms. The van der Waals surface area contributed by atoms with Crippen molar-refractivity contribution in [3.8, 4) is 11.5 Å². The smallest absolute Gasteiger partial charge is 0.174 e. The van der Waals surface area contributed by atoms with Gasteiger partial charge in [0.2, 0.25) is 0 Å². The van der Waals surface area contributed by atoms with Gasteiger partial charge in [0.1, 0.15) is 0 Å². The number of hydrogen-bond donors (Lipinski definition) is 1. The van der Waals surface area contributed by atoms with Crippen LogP contribution in [0.1, 0.15) is 26.3 Å². The molecule has 0 saturated carbocycles. The zero-order chi connectivity index (χ0) is 14.3. The van der Waals surface area contributed by atoms with E-state index in [0.717, 1.165) is 34.6 Å². The van der Waals surface area contributed by atoms with Gasteiger partial charge in [-0.1, -0.05) is 18.6 Å². The van der Waals surface area contributed by atoms with E-state index in [-0.39, 0.29) is 0 Å². The number of methoxy groups -OCH3 is 1. The molecule has 106 valence electrons. The second kappa shape index (κ2) is 8.23. The molecule has 0 saturated heterocycles. The number of halogens is 1. The van der Waals surface area contributed by atoms with E-state index < -0.39 is 0 Å². The van der Waals surface area contributed by atoms with Gasteiger partial charge in [-0.25, -0.2) is 0 Å². The molecule has 0 unspecified atom stereocenters. The maximum atomic E-state index is 5.61. The molecule has 0 aliphatic rings. The average molecular weight is 328 g/mol. The number of hydrogen-bond acceptors (Lipinski definition) is 3. The van der Waals surface area contributed by atoms with Crippen molar-refractivity contribution >= 4 is 22.0 Å². The summed E-state index contributed by atoms with van der Waals surface area (Å²) in [6.45, 7) is 8.66. The van der Waals surface area contributed by atoms with Gasteiger partial charge in [0.25, 0.3) is 0 Å². The molecule has 1 rings (SSSR count). The zero-order valence-corrected chi connectivity index (χ0v) is 13.6. The fourth-order valence-corrected chi connectivity index (χ4v) is 2.41. The van der Waals surface area contributed by atoms with E-state index in [2.05, 4.69) is 41.2 Å². The summed E-state index contributed by atoms with van der Waals surface area (Å²) in [5.74, 6) is 1.50. The highest BCUT2D eigenvalue weighted by Crippen LogP contribution is 2.37. The molecule has 0 heterocycles. The second-order valence-electron chi connectivity index (χ2n) is 4.24. The van der Waals surface area contributed by atoms with Crippen LogP contribution in [0.5, 0.6) is 11.5 Å². The Morgan fingerprint density at radius 1 is 1.37 bits per heavy atom. The molecular weight excluding hydrogens is 306 g/mol. The summed E-state index contributed by atoms with van der Waals surface area (Å²) < 4.78 is 11.9. The molecule has 0 spiro atoms. The van der Waals surface area contributed by atoms with Crippen molar-refractivity contribution in [3.05, 3.63) is 27.7 Å². The molecule has 1 N–H and O–H groups in total. The predicted octanol–water partition coefficient (Wildman–Crippen LogP) is 3.87. The van der Waals surface area contributed by atoms with E-state index in [1.807, 2.05) is 19.1 Å². The minimum Gasteiger partial charge on any atom is -0.492 e. The van der Waals surface area contributed by atoms with Gasteiger partial charge < -0.3 is 14.8 Å². The van der Waals surface area contributed by atoms with Crippen LogP contribution in [0.2, 0.25) is 0 Å². The van der Waals surface area contributed by atoms with Crippen LogP contribution < -0.4 is 14.8 Å². The fraction of sp³-hybridized carbons (Fsp3) is 0.467. The lowest BCUT2D eigenvalue weighted by Gasteiger charge is -2.12. The number of nitrogens with one attached hydrogen (secondary N) is 1. The third-order valence-corrected chi connectivity index (χ3v) is 3.19. The van der Waals surface area contributed by atoms with Crippen LogP contribution in [0.15, 0.2) is 22.2 Å². The third kappa shape index (κ3) is 4.88. The van der Waals surface area contributed by atoms with E-state index in [4.69, 9.17) is 9.47 Å². The molecule has 0 aromatic heterocycles. The minimum atomic E-state index is 0.617. The van der Waals surface area contributed by atoms with E-state index in [1.54, 1.807) is 7.11 Å². The summed E-state index contributed by atoms with van der Waals surface area (Å²) >= 11 is 3.52. The highest BCUT2D eigenvalue weighted by Gasteiger charge is 2.10. The number of likely N-dealkylation sites (N-methyl/N-ethyl adjacent to an activating group) is 1.